The van der Waals surface area contributed by atoms with Gasteiger partial charge in [-0.1, -0.05) is 85.8 Å². The maximum absolute atomic E-state index is 4.87. The van der Waals surface area contributed by atoms with E-state index in [1.807, 2.05) is 72.4 Å². The van der Waals surface area contributed by atoms with Crippen LogP contribution in [-0.4, -0.2) is 20.7 Å². The van der Waals surface area contributed by atoms with Crippen molar-refractivity contribution >= 4 is 11.8 Å². The number of hydrogen-bond acceptors (Lipinski definition) is 4. The van der Waals surface area contributed by atoms with Crippen molar-refractivity contribution in [2.45, 2.75) is 17.7 Å². The Morgan fingerprint density at radius 1 is 0.679 bits per heavy atom. The number of fused-ring (bicyclic) bond motifs is 1. The third-order valence-electron chi connectivity index (χ3n) is 4.99. The SMILES string of the molecule is CC1CSc2c(-c3nc(-c4ccccc4)nc(-c4ccccc4)n3)cccc21. The molecule has 4 heteroatoms. The quantitative estimate of drug-likeness (QED) is 0.431. The van der Waals surface area contributed by atoms with Crippen molar-refractivity contribution in [2.24, 2.45) is 0 Å². The van der Waals surface area contributed by atoms with Crippen LogP contribution in [0.2, 0.25) is 0 Å². The summed E-state index contributed by atoms with van der Waals surface area (Å²) in [6.07, 6.45) is 0. The molecule has 136 valence electrons. The molecule has 0 saturated carbocycles. The van der Waals surface area contributed by atoms with Crippen LogP contribution in [0, 0.1) is 0 Å². The number of aromatic nitrogens is 3. The molecule has 1 aliphatic heterocycles. The fourth-order valence-corrected chi connectivity index (χ4v) is 4.85. The van der Waals surface area contributed by atoms with Crippen LogP contribution in [-0.2, 0) is 0 Å². The van der Waals surface area contributed by atoms with Crippen LogP contribution in [0.1, 0.15) is 18.4 Å². The molecule has 1 unspecified atom stereocenters. The molecule has 4 aromatic rings. The highest BCUT2D eigenvalue weighted by Gasteiger charge is 2.24. The van der Waals surface area contributed by atoms with Gasteiger partial charge in [-0.25, -0.2) is 15.0 Å². The van der Waals surface area contributed by atoms with E-state index in [9.17, 15) is 0 Å². The van der Waals surface area contributed by atoms with Gasteiger partial charge in [0.05, 0.1) is 0 Å². The molecule has 0 amide bonds. The highest BCUT2D eigenvalue weighted by Crippen LogP contribution is 2.44. The molecule has 0 spiro atoms. The molecule has 0 radical (unpaired) electrons. The Kier molecular flexibility index (Phi) is 4.41. The fourth-order valence-electron chi connectivity index (χ4n) is 3.51. The van der Waals surface area contributed by atoms with E-state index < -0.39 is 0 Å². The summed E-state index contributed by atoms with van der Waals surface area (Å²) in [5, 5.41) is 0. The number of benzene rings is 3. The predicted molar refractivity (Wildman–Crippen MR) is 115 cm³/mol. The van der Waals surface area contributed by atoms with Crippen LogP contribution in [0.3, 0.4) is 0 Å². The van der Waals surface area contributed by atoms with Crippen molar-refractivity contribution in [3.63, 3.8) is 0 Å². The summed E-state index contributed by atoms with van der Waals surface area (Å²) in [7, 11) is 0. The molecular weight excluding hydrogens is 362 g/mol. The van der Waals surface area contributed by atoms with E-state index in [0.29, 0.717) is 17.6 Å². The summed E-state index contributed by atoms with van der Waals surface area (Å²) in [6, 6.07) is 26.7. The first-order valence-electron chi connectivity index (χ1n) is 9.42. The lowest BCUT2D eigenvalue weighted by molar-refractivity contribution is 0.882. The smallest absolute Gasteiger partial charge is 0.165 e. The molecule has 28 heavy (non-hydrogen) atoms. The topological polar surface area (TPSA) is 38.7 Å². The van der Waals surface area contributed by atoms with Gasteiger partial charge in [-0.15, -0.1) is 11.8 Å². The summed E-state index contributed by atoms with van der Waals surface area (Å²) in [4.78, 5) is 15.8. The van der Waals surface area contributed by atoms with Gasteiger partial charge in [0.25, 0.3) is 0 Å². The second-order valence-electron chi connectivity index (χ2n) is 6.97. The summed E-state index contributed by atoms with van der Waals surface area (Å²) >= 11 is 1.90. The maximum atomic E-state index is 4.87. The van der Waals surface area contributed by atoms with Crippen molar-refractivity contribution in [1.29, 1.82) is 0 Å². The standard InChI is InChI=1S/C24H19N3S/c1-16-15-28-21-19(16)13-8-14-20(21)24-26-22(17-9-4-2-5-10-17)25-23(27-24)18-11-6-3-7-12-18/h2-14,16H,15H2,1H3. The first-order valence-corrected chi connectivity index (χ1v) is 10.4. The first-order chi connectivity index (χ1) is 13.8. The van der Waals surface area contributed by atoms with E-state index in [-0.39, 0.29) is 0 Å². The predicted octanol–water partition coefficient (Wildman–Crippen LogP) is 6.08. The second kappa shape index (κ2) is 7.21. The molecule has 1 atom stereocenters. The van der Waals surface area contributed by atoms with Gasteiger partial charge in [0.15, 0.2) is 17.5 Å². The Labute approximate surface area is 168 Å². The molecule has 0 N–H and O–H groups in total. The second-order valence-corrected chi connectivity index (χ2v) is 8.00. The molecule has 0 aliphatic carbocycles. The molecule has 1 aromatic heterocycles. The van der Waals surface area contributed by atoms with Crippen molar-refractivity contribution in [3.8, 4) is 34.2 Å². The van der Waals surface area contributed by atoms with Gasteiger partial charge in [0.1, 0.15) is 0 Å². The molecule has 0 fully saturated rings. The van der Waals surface area contributed by atoms with Gasteiger partial charge in [0, 0.05) is 27.3 Å². The lowest BCUT2D eigenvalue weighted by atomic mass is 10.0. The van der Waals surface area contributed by atoms with Crippen molar-refractivity contribution in [2.75, 3.05) is 5.75 Å². The normalized spacial score (nSPS) is 15.4. The molecule has 3 aromatic carbocycles. The largest absolute Gasteiger partial charge is 0.208 e. The van der Waals surface area contributed by atoms with Gasteiger partial charge >= 0.3 is 0 Å². The average Bonchev–Trinajstić information content (AvgIpc) is 3.16. The molecule has 0 bridgehead atoms. The number of nitrogens with zero attached hydrogens (tertiary/aromatic N) is 3. The zero-order valence-corrected chi connectivity index (χ0v) is 16.4. The molecule has 0 saturated heterocycles. The minimum Gasteiger partial charge on any atom is -0.208 e. The molecular formula is C24H19N3S. The number of hydrogen-bond donors (Lipinski definition) is 0. The lowest BCUT2D eigenvalue weighted by Crippen LogP contribution is -2.01. The van der Waals surface area contributed by atoms with Crippen LogP contribution in [0.5, 0.6) is 0 Å². The van der Waals surface area contributed by atoms with Crippen molar-refractivity contribution in [1.82, 2.24) is 15.0 Å². The van der Waals surface area contributed by atoms with Crippen LogP contribution < -0.4 is 0 Å². The number of rotatable bonds is 3. The summed E-state index contributed by atoms with van der Waals surface area (Å²) in [5.74, 6) is 3.82. The zero-order chi connectivity index (χ0) is 18.9. The Hall–Kier alpha value is -2.98. The Morgan fingerprint density at radius 3 is 1.86 bits per heavy atom. The molecule has 5 rings (SSSR count). The average molecular weight is 382 g/mol. The van der Waals surface area contributed by atoms with Crippen molar-refractivity contribution < 1.29 is 0 Å². The molecule has 3 nitrogen and oxygen atoms in total. The monoisotopic (exact) mass is 381 g/mol. The van der Waals surface area contributed by atoms with Crippen LogP contribution in [0.15, 0.2) is 83.8 Å². The van der Waals surface area contributed by atoms with Gasteiger partial charge in [-0.3, -0.25) is 0 Å². The van der Waals surface area contributed by atoms with E-state index in [4.69, 9.17) is 15.0 Å². The minimum atomic E-state index is 0.559. The van der Waals surface area contributed by atoms with Gasteiger partial charge in [0.2, 0.25) is 0 Å². The summed E-state index contributed by atoms with van der Waals surface area (Å²) in [5.41, 5.74) is 4.49. The highest BCUT2D eigenvalue weighted by molar-refractivity contribution is 7.99. The highest BCUT2D eigenvalue weighted by atomic mass is 32.2. The molecule has 1 aliphatic rings. The van der Waals surface area contributed by atoms with E-state index in [1.165, 1.54) is 10.5 Å². The van der Waals surface area contributed by atoms with Crippen LogP contribution >= 0.6 is 11.8 Å². The third-order valence-corrected chi connectivity index (χ3v) is 6.41. The summed E-state index contributed by atoms with van der Waals surface area (Å²) in [6.45, 7) is 2.28. The van der Waals surface area contributed by atoms with Crippen LogP contribution in [0.25, 0.3) is 34.2 Å². The minimum absolute atomic E-state index is 0.559. The van der Waals surface area contributed by atoms with Crippen LogP contribution in [0.4, 0.5) is 0 Å². The van der Waals surface area contributed by atoms with Crippen molar-refractivity contribution in [3.05, 3.63) is 84.4 Å². The Morgan fingerprint density at radius 2 is 1.25 bits per heavy atom. The van der Waals surface area contributed by atoms with E-state index in [1.54, 1.807) is 0 Å². The van der Waals surface area contributed by atoms with E-state index in [0.717, 1.165) is 28.3 Å². The fraction of sp³-hybridized carbons (Fsp3) is 0.125. The summed E-state index contributed by atoms with van der Waals surface area (Å²) < 4.78 is 0. The third kappa shape index (κ3) is 3.10. The van der Waals surface area contributed by atoms with Gasteiger partial charge in [-0.05, 0) is 11.5 Å². The first kappa shape index (κ1) is 17.1. The van der Waals surface area contributed by atoms with Gasteiger partial charge in [-0.2, -0.15) is 0 Å². The Balaban J connectivity index is 1.73. The van der Waals surface area contributed by atoms with Gasteiger partial charge < -0.3 is 0 Å². The maximum Gasteiger partial charge on any atom is 0.165 e. The molecule has 2 heterocycles. The lowest BCUT2D eigenvalue weighted by Gasteiger charge is -2.11. The Bertz CT molecular complexity index is 1070. The van der Waals surface area contributed by atoms with E-state index in [2.05, 4.69) is 25.1 Å². The van der Waals surface area contributed by atoms with E-state index >= 15 is 0 Å². The zero-order valence-electron chi connectivity index (χ0n) is 15.5. The number of thioether (sulfide) groups is 1.